The van der Waals surface area contributed by atoms with E-state index >= 15 is 0 Å². The molecular weight excluding hydrogens is 244 g/mol. The second kappa shape index (κ2) is 5.93. The highest BCUT2D eigenvalue weighted by Gasteiger charge is 2.12. The zero-order chi connectivity index (χ0) is 13.0. The molecule has 0 spiro atoms. The van der Waals surface area contributed by atoms with Crippen molar-refractivity contribution in [3.8, 4) is 0 Å². The van der Waals surface area contributed by atoms with E-state index in [0.717, 1.165) is 28.8 Å². The summed E-state index contributed by atoms with van der Waals surface area (Å²) in [6, 6.07) is 4.07. The first-order valence-electron chi connectivity index (χ1n) is 6.04. The normalized spacial score (nSPS) is 10.6. The molecule has 2 N–H and O–H groups in total. The lowest BCUT2D eigenvalue weighted by molar-refractivity contribution is 0.822. The van der Waals surface area contributed by atoms with Crippen molar-refractivity contribution in [2.45, 2.75) is 26.9 Å². The molecule has 0 saturated heterocycles. The lowest BCUT2D eigenvalue weighted by Crippen LogP contribution is -2.21. The number of rotatable bonds is 5. The first-order valence-corrected chi connectivity index (χ1v) is 6.86. The lowest BCUT2D eigenvalue weighted by atomic mass is 10.2. The molecule has 0 aliphatic rings. The molecule has 18 heavy (non-hydrogen) atoms. The van der Waals surface area contributed by atoms with Crippen molar-refractivity contribution >= 4 is 16.5 Å². The summed E-state index contributed by atoms with van der Waals surface area (Å²) in [4.78, 5) is 12.1. The molecule has 2 aromatic heterocycles. The van der Waals surface area contributed by atoms with Gasteiger partial charge in [-0.3, -0.25) is 4.98 Å². The van der Waals surface area contributed by atoms with Crippen molar-refractivity contribution in [3.63, 3.8) is 0 Å². The van der Waals surface area contributed by atoms with Crippen LogP contribution in [0.1, 0.15) is 23.1 Å². The van der Waals surface area contributed by atoms with Gasteiger partial charge in [0, 0.05) is 36.9 Å². The summed E-state index contributed by atoms with van der Waals surface area (Å²) >= 11 is 1.69. The minimum atomic E-state index is 0.566. The highest BCUT2D eigenvalue weighted by atomic mass is 32.1. The van der Waals surface area contributed by atoms with Crippen molar-refractivity contribution < 1.29 is 0 Å². The van der Waals surface area contributed by atoms with Gasteiger partial charge < -0.3 is 10.6 Å². The average Bonchev–Trinajstić information content (AvgIpc) is 2.78. The Morgan fingerprint density at radius 3 is 2.61 bits per heavy atom. The first-order chi connectivity index (χ1) is 8.74. The van der Waals surface area contributed by atoms with Gasteiger partial charge in [-0.25, -0.2) is 4.98 Å². The summed E-state index contributed by atoms with van der Waals surface area (Å²) < 4.78 is 0. The Bertz CT molecular complexity index is 495. The molecule has 5 heteroatoms. The molecule has 0 saturated carbocycles. The van der Waals surface area contributed by atoms with Gasteiger partial charge in [-0.1, -0.05) is 0 Å². The molecule has 0 unspecified atom stereocenters. The minimum Gasteiger partial charge on any atom is -0.344 e. The molecule has 0 amide bonds. The maximum absolute atomic E-state index is 5.70. The van der Waals surface area contributed by atoms with Crippen molar-refractivity contribution in [2.75, 3.05) is 11.4 Å². The van der Waals surface area contributed by atoms with E-state index in [1.165, 1.54) is 5.56 Å². The van der Waals surface area contributed by atoms with Gasteiger partial charge in [0.25, 0.3) is 0 Å². The van der Waals surface area contributed by atoms with Gasteiger partial charge in [0.1, 0.15) is 0 Å². The van der Waals surface area contributed by atoms with Crippen LogP contribution < -0.4 is 10.6 Å². The van der Waals surface area contributed by atoms with Gasteiger partial charge >= 0.3 is 0 Å². The molecule has 0 bridgehead atoms. The molecule has 0 aromatic carbocycles. The van der Waals surface area contributed by atoms with Crippen LogP contribution in [0.2, 0.25) is 0 Å². The molecule has 0 atom stereocenters. The number of pyridine rings is 1. The van der Waals surface area contributed by atoms with Crippen LogP contribution in [0.5, 0.6) is 0 Å². The zero-order valence-corrected chi connectivity index (χ0v) is 11.6. The highest BCUT2D eigenvalue weighted by Crippen LogP contribution is 2.26. The Morgan fingerprint density at radius 1 is 1.33 bits per heavy atom. The van der Waals surface area contributed by atoms with Gasteiger partial charge in [-0.05, 0) is 31.5 Å². The second-order valence-corrected chi connectivity index (χ2v) is 5.14. The molecule has 0 radical (unpaired) electrons. The third kappa shape index (κ3) is 2.86. The Kier molecular flexibility index (Phi) is 4.28. The van der Waals surface area contributed by atoms with Crippen LogP contribution in [-0.4, -0.2) is 16.5 Å². The van der Waals surface area contributed by atoms with Gasteiger partial charge in [-0.15, -0.1) is 11.3 Å². The summed E-state index contributed by atoms with van der Waals surface area (Å²) in [6.07, 6.45) is 3.64. The maximum Gasteiger partial charge on any atom is 0.186 e. The number of hydrogen-bond donors (Lipinski definition) is 1. The van der Waals surface area contributed by atoms with E-state index in [1.807, 2.05) is 31.5 Å². The number of aryl methyl sites for hydroxylation is 1. The molecular formula is C13H18N4S. The Labute approximate surface area is 111 Å². The van der Waals surface area contributed by atoms with Crippen LogP contribution in [0.25, 0.3) is 0 Å². The van der Waals surface area contributed by atoms with Crippen molar-refractivity contribution in [3.05, 3.63) is 40.7 Å². The largest absolute Gasteiger partial charge is 0.344 e. The smallest absolute Gasteiger partial charge is 0.186 e. The number of nitrogens with two attached hydrogens (primary N) is 1. The average molecular weight is 262 g/mol. The quantitative estimate of drug-likeness (QED) is 0.898. The van der Waals surface area contributed by atoms with E-state index in [9.17, 15) is 0 Å². The zero-order valence-electron chi connectivity index (χ0n) is 10.8. The fourth-order valence-electron chi connectivity index (χ4n) is 1.76. The van der Waals surface area contributed by atoms with Crippen LogP contribution in [-0.2, 0) is 13.1 Å². The number of hydrogen-bond acceptors (Lipinski definition) is 5. The predicted octanol–water partition coefficient (Wildman–Crippen LogP) is 2.33. The van der Waals surface area contributed by atoms with Crippen molar-refractivity contribution in [1.29, 1.82) is 0 Å². The van der Waals surface area contributed by atoms with E-state index < -0.39 is 0 Å². The van der Waals surface area contributed by atoms with E-state index in [2.05, 4.69) is 21.8 Å². The number of nitrogens with zero attached hydrogens (tertiary/aromatic N) is 3. The third-order valence-electron chi connectivity index (χ3n) is 2.84. The van der Waals surface area contributed by atoms with Gasteiger partial charge in [-0.2, -0.15) is 0 Å². The fraction of sp³-hybridized carbons (Fsp3) is 0.385. The van der Waals surface area contributed by atoms with Crippen LogP contribution in [0, 0.1) is 6.92 Å². The van der Waals surface area contributed by atoms with Gasteiger partial charge in [0.05, 0.1) is 5.69 Å². The lowest BCUT2D eigenvalue weighted by Gasteiger charge is -2.19. The van der Waals surface area contributed by atoms with Crippen LogP contribution in [0.3, 0.4) is 0 Å². The third-order valence-corrected chi connectivity index (χ3v) is 4.08. The van der Waals surface area contributed by atoms with Crippen LogP contribution >= 0.6 is 11.3 Å². The van der Waals surface area contributed by atoms with Gasteiger partial charge in [0.2, 0.25) is 0 Å². The topological polar surface area (TPSA) is 55.0 Å². The predicted molar refractivity (Wildman–Crippen MR) is 75.7 cm³/mol. The Balaban J connectivity index is 2.17. The Hall–Kier alpha value is -1.46. The number of anilines is 1. The van der Waals surface area contributed by atoms with E-state index in [1.54, 1.807) is 11.3 Å². The van der Waals surface area contributed by atoms with E-state index in [-0.39, 0.29) is 0 Å². The molecule has 2 aromatic rings. The van der Waals surface area contributed by atoms with E-state index in [4.69, 9.17) is 5.73 Å². The molecule has 0 aliphatic heterocycles. The Morgan fingerprint density at radius 2 is 2.06 bits per heavy atom. The molecule has 4 nitrogen and oxygen atoms in total. The second-order valence-electron chi connectivity index (χ2n) is 4.08. The molecule has 0 fully saturated rings. The maximum atomic E-state index is 5.70. The van der Waals surface area contributed by atoms with Crippen molar-refractivity contribution in [2.24, 2.45) is 5.73 Å². The summed E-state index contributed by atoms with van der Waals surface area (Å²) in [6.45, 7) is 6.51. The van der Waals surface area contributed by atoms with E-state index in [0.29, 0.717) is 6.54 Å². The fourth-order valence-corrected chi connectivity index (χ4v) is 2.76. The molecule has 96 valence electrons. The SMILES string of the molecule is CCN(Cc1ccncc1)c1nc(C)c(CN)s1. The number of aromatic nitrogens is 2. The molecule has 0 aliphatic carbocycles. The summed E-state index contributed by atoms with van der Waals surface area (Å²) in [5, 5.41) is 1.05. The minimum absolute atomic E-state index is 0.566. The summed E-state index contributed by atoms with van der Waals surface area (Å²) in [5.41, 5.74) is 7.99. The summed E-state index contributed by atoms with van der Waals surface area (Å²) in [5.74, 6) is 0. The van der Waals surface area contributed by atoms with Crippen molar-refractivity contribution in [1.82, 2.24) is 9.97 Å². The molecule has 2 heterocycles. The summed E-state index contributed by atoms with van der Waals surface area (Å²) in [7, 11) is 0. The van der Waals surface area contributed by atoms with Crippen LogP contribution in [0.4, 0.5) is 5.13 Å². The van der Waals surface area contributed by atoms with Gasteiger partial charge in [0.15, 0.2) is 5.13 Å². The monoisotopic (exact) mass is 262 g/mol. The first kappa shape index (κ1) is 13.0. The van der Waals surface area contributed by atoms with Crippen LogP contribution in [0.15, 0.2) is 24.5 Å². The molecule has 2 rings (SSSR count). The highest BCUT2D eigenvalue weighted by molar-refractivity contribution is 7.15. The standard InChI is InChI=1S/C13H18N4S/c1-3-17(9-11-4-6-15-7-5-11)13-16-10(2)12(8-14)18-13/h4-7H,3,8-9,14H2,1-2H3. The number of thiazole rings is 1.